The van der Waals surface area contributed by atoms with Gasteiger partial charge in [-0.3, -0.25) is 4.79 Å². The topological polar surface area (TPSA) is 87.7 Å². The van der Waals surface area contributed by atoms with E-state index in [-0.39, 0.29) is 6.42 Å². The van der Waals surface area contributed by atoms with Crippen molar-refractivity contribution in [3.05, 3.63) is 23.8 Å². The van der Waals surface area contributed by atoms with Crippen LogP contribution in [0.3, 0.4) is 0 Å². The van der Waals surface area contributed by atoms with Crippen molar-refractivity contribution in [1.29, 1.82) is 0 Å². The number of hydrogen-bond acceptors (Lipinski definition) is 3. The van der Waals surface area contributed by atoms with E-state index in [1.165, 1.54) is 0 Å². The molecular formula is C13H18N2O4. The second-order valence-corrected chi connectivity index (χ2v) is 4.28. The Kier molecular flexibility index (Phi) is 5.17. The number of amides is 2. The molecule has 0 spiro atoms. The van der Waals surface area contributed by atoms with Crippen molar-refractivity contribution >= 4 is 17.7 Å². The molecule has 0 heterocycles. The maximum absolute atomic E-state index is 11.6. The fraction of sp³-hybridized carbons (Fsp3) is 0.385. The lowest BCUT2D eigenvalue weighted by atomic mass is 10.2. The molecule has 104 valence electrons. The summed E-state index contributed by atoms with van der Waals surface area (Å²) < 4.78 is 5.12. The monoisotopic (exact) mass is 266 g/mol. The molecule has 19 heavy (non-hydrogen) atoms. The summed E-state index contributed by atoms with van der Waals surface area (Å²) in [6.45, 7) is 3.50. The summed E-state index contributed by atoms with van der Waals surface area (Å²) in [6, 6.07) is 4.38. The van der Waals surface area contributed by atoms with Gasteiger partial charge in [0.15, 0.2) is 0 Å². The lowest BCUT2D eigenvalue weighted by Gasteiger charge is -2.13. The average Bonchev–Trinajstić information content (AvgIpc) is 2.27. The van der Waals surface area contributed by atoms with Crippen LogP contribution in [0.1, 0.15) is 18.9 Å². The van der Waals surface area contributed by atoms with E-state index >= 15 is 0 Å². The molecule has 0 bridgehead atoms. The lowest BCUT2D eigenvalue weighted by molar-refractivity contribution is -0.137. The summed E-state index contributed by atoms with van der Waals surface area (Å²) in [5, 5.41) is 13.8. The van der Waals surface area contributed by atoms with Crippen molar-refractivity contribution in [1.82, 2.24) is 5.32 Å². The number of nitrogens with one attached hydrogen (secondary N) is 2. The number of anilines is 1. The number of benzene rings is 1. The molecule has 1 rings (SSSR count). The van der Waals surface area contributed by atoms with Gasteiger partial charge in [-0.1, -0.05) is 0 Å². The second-order valence-electron chi connectivity index (χ2n) is 4.28. The van der Waals surface area contributed by atoms with Crippen molar-refractivity contribution in [2.24, 2.45) is 0 Å². The molecule has 0 saturated carbocycles. The van der Waals surface area contributed by atoms with Crippen molar-refractivity contribution in [2.45, 2.75) is 26.3 Å². The predicted molar refractivity (Wildman–Crippen MR) is 71.6 cm³/mol. The van der Waals surface area contributed by atoms with Gasteiger partial charge in [0.1, 0.15) is 5.75 Å². The quantitative estimate of drug-likeness (QED) is 0.760. The molecule has 2 amide bonds. The molecule has 0 radical (unpaired) electrons. The third kappa shape index (κ3) is 4.87. The number of carboxylic acid groups (broad SMARTS) is 1. The van der Waals surface area contributed by atoms with E-state index < -0.39 is 18.0 Å². The SMILES string of the molecule is COc1ccc(NC(=O)NC(C)CC(=O)O)cc1C. The fourth-order valence-electron chi connectivity index (χ4n) is 1.66. The second kappa shape index (κ2) is 6.63. The van der Waals surface area contributed by atoms with E-state index in [0.717, 1.165) is 11.3 Å². The number of hydrogen-bond donors (Lipinski definition) is 3. The van der Waals surface area contributed by atoms with Gasteiger partial charge in [0.25, 0.3) is 0 Å². The van der Waals surface area contributed by atoms with Crippen LogP contribution in [-0.4, -0.2) is 30.3 Å². The lowest BCUT2D eigenvalue weighted by Crippen LogP contribution is -2.37. The van der Waals surface area contributed by atoms with Crippen molar-refractivity contribution in [3.63, 3.8) is 0 Å². The summed E-state index contributed by atoms with van der Waals surface area (Å²) in [6.07, 6.45) is -0.116. The van der Waals surface area contributed by atoms with Gasteiger partial charge in [0.05, 0.1) is 13.5 Å². The molecule has 0 saturated heterocycles. The van der Waals surface area contributed by atoms with E-state index in [9.17, 15) is 9.59 Å². The number of ether oxygens (including phenoxy) is 1. The Morgan fingerprint density at radius 2 is 2.11 bits per heavy atom. The molecule has 1 unspecified atom stereocenters. The first-order chi connectivity index (χ1) is 8.92. The van der Waals surface area contributed by atoms with E-state index in [4.69, 9.17) is 9.84 Å². The van der Waals surface area contributed by atoms with Gasteiger partial charge in [-0.05, 0) is 37.6 Å². The molecule has 1 aromatic carbocycles. The first-order valence-corrected chi connectivity index (χ1v) is 5.86. The Morgan fingerprint density at radius 3 is 2.63 bits per heavy atom. The van der Waals surface area contributed by atoms with Gasteiger partial charge >= 0.3 is 12.0 Å². The molecule has 1 aromatic rings. The zero-order valence-corrected chi connectivity index (χ0v) is 11.2. The highest BCUT2D eigenvalue weighted by atomic mass is 16.5. The molecule has 6 heteroatoms. The average molecular weight is 266 g/mol. The molecule has 6 nitrogen and oxygen atoms in total. The van der Waals surface area contributed by atoms with Crippen LogP contribution in [0.2, 0.25) is 0 Å². The third-order valence-corrected chi connectivity index (χ3v) is 2.51. The molecule has 1 atom stereocenters. The number of rotatable bonds is 5. The Balaban J connectivity index is 2.57. The van der Waals surface area contributed by atoms with Crippen LogP contribution >= 0.6 is 0 Å². The standard InChI is InChI=1S/C13H18N2O4/c1-8-6-10(4-5-11(8)19-3)15-13(18)14-9(2)7-12(16)17/h4-6,9H,7H2,1-3H3,(H,16,17)(H2,14,15,18). The summed E-state index contributed by atoms with van der Waals surface area (Å²) in [4.78, 5) is 22.1. The minimum absolute atomic E-state index is 0.116. The van der Waals surface area contributed by atoms with Crippen LogP contribution < -0.4 is 15.4 Å². The first kappa shape index (κ1) is 14.8. The van der Waals surface area contributed by atoms with Crippen LogP contribution in [0.15, 0.2) is 18.2 Å². The van der Waals surface area contributed by atoms with Crippen molar-refractivity contribution in [3.8, 4) is 5.75 Å². The smallest absolute Gasteiger partial charge is 0.319 e. The molecule has 0 fully saturated rings. The van der Waals surface area contributed by atoms with Gasteiger partial charge in [0, 0.05) is 11.7 Å². The van der Waals surface area contributed by atoms with E-state index in [0.29, 0.717) is 5.69 Å². The van der Waals surface area contributed by atoms with E-state index in [1.807, 2.05) is 6.92 Å². The van der Waals surface area contributed by atoms with Crippen LogP contribution in [0.25, 0.3) is 0 Å². The summed E-state index contributed by atoms with van der Waals surface area (Å²) in [5.41, 5.74) is 1.53. The number of aryl methyl sites for hydroxylation is 1. The summed E-state index contributed by atoms with van der Waals surface area (Å²) in [5.74, 6) is -0.210. The van der Waals surface area contributed by atoms with Gasteiger partial charge < -0.3 is 20.5 Å². The van der Waals surface area contributed by atoms with Crippen LogP contribution in [0.4, 0.5) is 10.5 Å². The highest BCUT2D eigenvalue weighted by Gasteiger charge is 2.11. The number of carbonyl (C=O) groups excluding carboxylic acids is 1. The number of methoxy groups -OCH3 is 1. The van der Waals surface area contributed by atoms with Crippen LogP contribution in [0.5, 0.6) is 5.75 Å². The van der Waals surface area contributed by atoms with E-state index in [1.54, 1.807) is 32.2 Å². The minimum Gasteiger partial charge on any atom is -0.496 e. The van der Waals surface area contributed by atoms with Crippen molar-refractivity contribution < 1.29 is 19.4 Å². The Bertz CT molecular complexity index is 474. The minimum atomic E-state index is -0.951. The summed E-state index contributed by atoms with van der Waals surface area (Å²) >= 11 is 0. The van der Waals surface area contributed by atoms with Crippen LogP contribution in [0, 0.1) is 6.92 Å². The number of carboxylic acids is 1. The molecule has 0 aliphatic heterocycles. The normalized spacial score (nSPS) is 11.5. The highest BCUT2D eigenvalue weighted by Crippen LogP contribution is 2.21. The largest absolute Gasteiger partial charge is 0.496 e. The van der Waals surface area contributed by atoms with Crippen molar-refractivity contribution in [2.75, 3.05) is 12.4 Å². The molecule has 0 aromatic heterocycles. The number of carbonyl (C=O) groups is 2. The Labute approximate surface area is 111 Å². The zero-order valence-electron chi connectivity index (χ0n) is 11.2. The Morgan fingerprint density at radius 1 is 1.42 bits per heavy atom. The molecular weight excluding hydrogens is 248 g/mol. The Hall–Kier alpha value is -2.24. The van der Waals surface area contributed by atoms with Gasteiger partial charge in [0.2, 0.25) is 0 Å². The molecule has 0 aliphatic rings. The zero-order chi connectivity index (χ0) is 14.4. The highest BCUT2D eigenvalue weighted by molar-refractivity contribution is 5.89. The predicted octanol–water partition coefficient (Wildman–Crippen LogP) is 1.99. The number of aliphatic carboxylic acids is 1. The third-order valence-electron chi connectivity index (χ3n) is 2.51. The van der Waals surface area contributed by atoms with Gasteiger partial charge in [-0.25, -0.2) is 4.79 Å². The summed E-state index contributed by atoms with van der Waals surface area (Å²) in [7, 11) is 1.58. The molecule has 3 N–H and O–H groups in total. The maximum atomic E-state index is 11.6. The van der Waals surface area contributed by atoms with Crippen LogP contribution in [-0.2, 0) is 4.79 Å². The van der Waals surface area contributed by atoms with Gasteiger partial charge in [-0.2, -0.15) is 0 Å². The first-order valence-electron chi connectivity index (χ1n) is 5.86. The maximum Gasteiger partial charge on any atom is 0.319 e. The molecule has 0 aliphatic carbocycles. The van der Waals surface area contributed by atoms with Gasteiger partial charge in [-0.15, -0.1) is 0 Å². The van der Waals surface area contributed by atoms with E-state index in [2.05, 4.69) is 10.6 Å². The number of urea groups is 1. The fourth-order valence-corrected chi connectivity index (χ4v) is 1.66.